The molecule has 0 unspecified atom stereocenters. The van der Waals surface area contributed by atoms with Crippen LogP contribution in [-0.4, -0.2) is 0 Å². The molecule has 0 spiro atoms. The first-order valence-corrected chi connectivity index (χ1v) is 4.52. The van der Waals surface area contributed by atoms with Crippen molar-refractivity contribution < 1.29 is 31.4 Å². The predicted molar refractivity (Wildman–Crippen MR) is 23.9 cm³/mol. The van der Waals surface area contributed by atoms with Crippen molar-refractivity contribution in [2.45, 2.75) is 0 Å². The third kappa shape index (κ3) is 24.3. The minimum absolute atomic E-state index is 0. The van der Waals surface area contributed by atoms with Gasteiger partial charge in [-0.2, -0.15) is 0 Å². The average molecular weight is 199 g/mol. The van der Waals surface area contributed by atoms with Crippen molar-refractivity contribution in [1.29, 1.82) is 0 Å². The molecular weight excluding hydrogens is 198 g/mol. The van der Waals surface area contributed by atoms with Crippen LogP contribution >= 0.6 is 20.6 Å². The van der Waals surface area contributed by atoms with Gasteiger partial charge in [0, 0.05) is 0 Å². The molecule has 0 heterocycles. The van der Waals surface area contributed by atoms with Gasteiger partial charge in [0.15, 0.2) is 0 Å². The monoisotopic (exact) mass is 199 g/mol. The first-order chi connectivity index (χ1) is 2.00. The first-order valence-electron chi connectivity index (χ1n) is 0.365. The summed E-state index contributed by atoms with van der Waals surface area (Å²) in [5.41, 5.74) is 0. The molecule has 0 amide bonds. The Morgan fingerprint density at radius 3 is 0.800 bits per heavy atom. The van der Waals surface area contributed by atoms with Crippen LogP contribution in [0.25, 0.3) is 0 Å². The topological polar surface area (TPSA) is 0 Å². The van der Waals surface area contributed by atoms with Gasteiger partial charge in [0.1, 0.15) is 0 Å². The number of hydrogen-bond donors (Lipinski definition) is 0. The van der Waals surface area contributed by atoms with Gasteiger partial charge in [0.25, 0.3) is 0 Å². The number of rotatable bonds is 0. The van der Waals surface area contributed by atoms with Crippen LogP contribution in [0.1, 0.15) is 0 Å². The van der Waals surface area contributed by atoms with Crippen LogP contribution in [0.15, 0.2) is 0 Å². The molecule has 5 heteroatoms. The van der Waals surface area contributed by atoms with Gasteiger partial charge in [0.2, 0.25) is 0 Å². The van der Waals surface area contributed by atoms with Gasteiger partial charge in [-0.3, -0.25) is 0 Å². The molecule has 0 N–H and O–H groups in total. The zero-order chi connectivity index (χ0) is 4.00. The van der Waals surface area contributed by atoms with Crippen LogP contribution < -0.4 is 0 Å². The van der Waals surface area contributed by atoms with Gasteiger partial charge in [0.05, 0.1) is 0 Å². The third-order valence-electron chi connectivity index (χ3n) is 0. The summed E-state index contributed by atoms with van der Waals surface area (Å²) in [6, 6.07) is 0. The van der Waals surface area contributed by atoms with Crippen molar-refractivity contribution in [3.05, 3.63) is 0 Å². The molecule has 0 aliphatic heterocycles. The van der Waals surface area contributed by atoms with Crippen molar-refractivity contribution in [2.75, 3.05) is 0 Å². The van der Waals surface area contributed by atoms with Crippen LogP contribution in [-0.2, 0) is 44.9 Å². The molecule has 0 fully saturated rings. The summed E-state index contributed by atoms with van der Waals surface area (Å²) in [5, 5.41) is 0. The second kappa shape index (κ2) is 38.2. The Morgan fingerprint density at radius 1 is 0.800 bits per heavy atom. The zero-order valence-corrected chi connectivity index (χ0v) is 7.48. The average Bonchev–Trinajstić information content (AvgIpc) is 1.50. The van der Waals surface area contributed by atoms with E-state index in [4.69, 9.17) is 0 Å². The Balaban J connectivity index is -0.0000000133. The van der Waals surface area contributed by atoms with Crippen LogP contribution in [0, 0.1) is 0 Å². The van der Waals surface area contributed by atoms with E-state index in [2.05, 4.69) is 20.6 Å². The van der Waals surface area contributed by atoms with E-state index in [1.165, 1.54) is 0 Å². The molecule has 0 aromatic carbocycles. The second-order valence-electron chi connectivity index (χ2n) is 0. The van der Waals surface area contributed by atoms with Crippen molar-refractivity contribution >= 4 is 34.1 Å². The molecule has 0 aromatic rings. The minimum atomic E-state index is 0. The van der Waals surface area contributed by atoms with Crippen LogP contribution in [0.5, 0.6) is 0 Å². The van der Waals surface area contributed by atoms with Crippen molar-refractivity contribution in [3.63, 3.8) is 0 Å². The summed E-state index contributed by atoms with van der Waals surface area (Å²) in [6.45, 7) is 0. The molecule has 0 saturated carbocycles. The predicted octanol–water partition coefficient (Wildman–Crippen LogP) is 1.02. The van der Waals surface area contributed by atoms with Crippen LogP contribution in [0.2, 0.25) is 0 Å². The summed E-state index contributed by atoms with van der Waals surface area (Å²) in [5.74, 6) is 0. The van der Waals surface area contributed by atoms with E-state index < -0.39 is 0 Å². The van der Waals surface area contributed by atoms with Gasteiger partial charge in [-0.15, -0.1) is 0 Å². The molecule has 30 valence electrons. The summed E-state index contributed by atoms with van der Waals surface area (Å²) in [4.78, 5) is 0. The molecule has 5 heavy (non-hydrogen) atoms. The quantitative estimate of drug-likeness (QED) is 0.422. The summed E-state index contributed by atoms with van der Waals surface area (Å²) in [6.07, 6.45) is 0. The molecule has 0 aromatic heterocycles. The fourth-order valence-electron chi connectivity index (χ4n) is 0. The summed E-state index contributed by atoms with van der Waals surface area (Å²) in [7, 11) is 8.04. The Kier molecular flexibility index (Phi) is 120. The molecule has 0 aliphatic rings. The van der Waals surface area contributed by atoms with Gasteiger partial charge >= 0.3 is 52.0 Å². The fraction of sp³-hybridized carbons (Fsp3) is 0. The van der Waals surface area contributed by atoms with Gasteiger partial charge in [-0.05, 0) is 0 Å². The number of thiol groups is 1. The normalized spacial score (nSPS) is 1.20. The standard InChI is InChI=1S/H2S.2S.2V/h1H2;;;;/p-1. The van der Waals surface area contributed by atoms with Crippen molar-refractivity contribution in [2.24, 2.45) is 0 Å². The molecule has 0 saturated heterocycles. The first kappa shape index (κ1) is 15.8. The van der Waals surface area contributed by atoms with Gasteiger partial charge in [-0.25, -0.2) is 0 Å². The number of hydrogen-bond acceptors (Lipinski definition) is 3. The molecule has 0 aliphatic carbocycles. The van der Waals surface area contributed by atoms with E-state index in [1.807, 2.05) is 31.4 Å². The maximum absolute atomic E-state index is 4.02. The molecular formula is HS3V2-. The molecule has 0 atom stereocenters. The third-order valence-corrected chi connectivity index (χ3v) is 0. The van der Waals surface area contributed by atoms with Gasteiger partial charge in [-0.1, -0.05) is 0 Å². The fourth-order valence-corrected chi connectivity index (χ4v) is 0. The van der Waals surface area contributed by atoms with E-state index in [0.717, 1.165) is 0 Å². The van der Waals surface area contributed by atoms with Crippen molar-refractivity contribution in [3.8, 4) is 0 Å². The van der Waals surface area contributed by atoms with Crippen LogP contribution in [0.4, 0.5) is 0 Å². The summed E-state index contributed by atoms with van der Waals surface area (Å²) < 4.78 is 0. The molecule has 0 rings (SSSR count). The van der Waals surface area contributed by atoms with Crippen LogP contribution in [0.3, 0.4) is 0 Å². The molecule has 0 radical (unpaired) electrons. The Morgan fingerprint density at radius 2 is 0.800 bits per heavy atom. The Hall–Kier alpha value is 1.96. The summed E-state index contributed by atoms with van der Waals surface area (Å²) >= 11 is 3.79. The van der Waals surface area contributed by atoms with E-state index in [9.17, 15) is 0 Å². The molecule has 0 nitrogen and oxygen atoms in total. The second-order valence-corrected chi connectivity index (χ2v) is 0. The zero-order valence-electron chi connectivity index (χ0n) is 2.16. The Labute approximate surface area is 64.9 Å². The van der Waals surface area contributed by atoms with Crippen molar-refractivity contribution in [1.82, 2.24) is 0 Å². The van der Waals surface area contributed by atoms with Gasteiger partial charge < -0.3 is 13.5 Å². The van der Waals surface area contributed by atoms with E-state index in [0.29, 0.717) is 0 Å². The SMILES string of the molecule is [SH-].[S]=[V].[S]=[V]. The molecule has 0 bridgehead atoms. The van der Waals surface area contributed by atoms with E-state index in [-0.39, 0.29) is 13.5 Å². The van der Waals surface area contributed by atoms with E-state index >= 15 is 0 Å². The Bertz CT molecular complexity index is 6.85. The van der Waals surface area contributed by atoms with E-state index in [1.54, 1.807) is 0 Å². The maximum atomic E-state index is 4.02.